The maximum atomic E-state index is 11.6. The van der Waals surface area contributed by atoms with E-state index in [0.29, 0.717) is 6.42 Å². The highest BCUT2D eigenvalue weighted by molar-refractivity contribution is 5.96. The Labute approximate surface area is 105 Å². The van der Waals surface area contributed by atoms with Crippen LogP contribution in [0.1, 0.15) is 36.0 Å². The lowest BCUT2D eigenvalue weighted by Crippen LogP contribution is -2.09. The Morgan fingerprint density at radius 1 is 1.17 bits per heavy atom. The number of hydrogen-bond donors (Lipinski definition) is 2. The van der Waals surface area contributed by atoms with Crippen LogP contribution in [-0.4, -0.2) is 16.9 Å². The molecule has 94 valence electrons. The zero-order valence-corrected chi connectivity index (χ0v) is 9.98. The van der Waals surface area contributed by atoms with Crippen molar-refractivity contribution in [2.24, 2.45) is 0 Å². The van der Waals surface area contributed by atoms with Crippen molar-refractivity contribution >= 4 is 17.4 Å². The van der Waals surface area contributed by atoms with Gasteiger partial charge in [-0.15, -0.1) is 0 Å². The van der Waals surface area contributed by atoms with Crippen molar-refractivity contribution in [1.82, 2.24) is 0 Å². The van der Waals surface area contributed by atoms with Gasteiger partial charge in [0.25, 0.3) is 0 Å². The molecule has 0 saturated heterocycles. The van der Waals surface area contributed by atoms with Crippen LogP contribution in [0, 0.1) is 0 Å². The van der Waals surface area contributed by atoms with Crippen LogP contribution in [0.3, 0.4) is 0 Å². The largest absolute Gasteiger partial charge is 0.478 e. The van der Waals surface area contributed by atoms with E-state index in [-0.39, 0.29) is 11.3 Å². The number of allylic oxidation sites excluding steroid dienone is 1. The van der Waals surface area contributed by atoms with E-state index in [1.54, 1.807) is 18.3 Å². The molecule has 0 atom stereocenters. The van der Waals surface area contributed by atoms with Crippen molar-refractivity contribution in [3.8, 4) is 0 Å². The number of carbonyl (C=O) groups excluding carboxylic acids is 1. The van der Waals surface area contributed by atoms with Crippen molar-refractivity contribution < 1.29 is 14.7 Å². The van der Waals surface area contributed by atoms with Crippen LogP contribution in [0.15, 0.2) is 36.0 Å². The van der Waals surface area contributed by atoms with Gasteiger partial charge in [0.15, 0.2) is 5.78 Å². The molecule has 4 nitrogen and oxygen atoms in total. The zero-order valence-electron chi connectivity index (χ0n) is 9.98. The van der Waals surface area contributed by atoms with Gasteiger partial charge >= 0.3 is 5.97 Å². The Bertz CT molecular complexity index is 488. The fourth-order valence-corrected chi connectivity index (χ4v) is 1.93. The third-order valence-corrected chi connectivity index (χ3v) is 3.00. The second kappa shape index (κ2) is 5.49. The molecular formula is C14H15NO3. The van der Waals surface area contributed by atoms with Crippen LogP contribution >= 0.6 is 0 Å². The highest BCUT2D eigenvalue weighted by atomic mass is 16.4. The van der Waals surface area contributed by atoms with E-state index in [4.69, 9.17) is 5.11 Å². The maximum Gasteiger partial charge on any atom is 0.335 e. The molecule has 0 heterocycles. The summed E-state index contributed by atoms with van der Waals surface area (Å²) in [6, 6.07) is 6.44. The SMILES string of the molecule is O=C1CCCC/C1=C\Nc1ccc(C(=O)O)cc1. The van der Waals surface area contributed by atoms with Crippen LogP contribution < -0.4 is 5.32 Å². The average Bonchev–Trinajstić information content (AvgIpc) is 2.38. The molecule has 1 aromatic rings. The molecule has 1 aliphatic carbocycles. The van der Waals surface area contributed by atoms with Gasteiger partial charge in [-0.2, -0.15) is 0 Å². The van der Waals surface area contributed by atoms with Crippen LogP contribution in [-0.2, 0) is 4.79 Å². The second-order valence-corrected chi connectivity index (χ2v) is 4.33. The highest BCUT2D eigenvalue weighted by Crippen LogP contribution is 2.20. The molecule has 0 aromatic heterocycles. The number of anilines is 1. The summed E-state index contributed by atoms with van der Waals surface area (Å²) in [5.41, 5.74) is 1.86. The lowest BCUT2D eigenvalue weighted by Gasteiger charge is -2.12. The van der Waals surface area contributed by atoms with E-state index in [1.165, 1.54) is 12.1 Å². The Kier molecular flexibility index (Phi) is 3.77. The van der Waals surface area contributed by atoms with E-state index in [0.717, 1.165) is 30.5 Å². The normalized spacial score (nSPS) is 17.8. The van der Waals surface area contributed by atoms with Crippen molar-refractivity contribution in [2.75, 3.05) is 5.32 Å². The summed E-state index contributed by atoms with van der Waals surface area (Å²) in [5, 5.41) is 11.8. The van der Waals surface area contributed by atoms with E-state index < -0.39 is 5.97 Å². The summed E-state index contributed by atoms with van der Waals surface area (Å²) >= 11 is 0. The predicted molar refractivity (Wildman–Crippen MR) is 68.6 cm³/mol. The first kappa shape index (κ1) is 12.4. The molecule has 1 saturated carbocycles. The van der Waals surface area contributed by atoms with Gasteiger partial charge < -0.3 is 10.4 Å². The molecule has 2 N–H and O–H groups in total. The van der Waals surface area contributed by atoms with Crippen LogP contribution in [0.5, 0.6) is 0 Å². The standard InChI is InChI=1S/C14H15NO3/c16-13-4-2-1-3-11(13)9-15-12-7-5-10(6-8-12)14(17)18/h5-9,15H,1-4H2,(H,17,18)/b11-9+. The first-order valence-corrected chi connectivity index (χ1v) is 5.99. The minimum Gasteiger partial charge on any atom is -0.478 e. The number of carbonyl (C=O) groups is 2. The summed E-state index contributed by atoms with van der Waals surface area (Å²) in [7, 11) is 0. The van der Waals surface area contributed by atoms with E-state index >= 15 is 0 Å². The summed E-state index contributed by atoms with van der Waals surface area (Å²) in [6.07, 6.45) is 5.21. The zero-order chi connectivity index (χ0) is 13.0. The fourth-order valence-electron chi connectivity index (χ4n) is 1.93. The Morgan fingerprint density at radius 3 is 2.44 bits per heavy atom. The molecule has 0 spiro atoms. The quantitative estimate of drug-likeness (QED) is 0.803. The van der Waals surface area contributed by atoms with Gasteiger partial charge in [0.1, 0.15) is 0 Å². The Balaban J connectivity index is 2.03. The number of hydrogen-bond acceptors (Lipinski definition) is 3. The van der Waals surface area contributed by atoms with Gasteiger partial charge in [0.2, 0.25) is 0 Å². The number of rotatable bonds is 3. The van der Waals surface area contributed by atoms with Crippen molar-refractivity contribution in [3.63, 3.8) is 0 Å². The lowest BCUT2D eigenvalue weighted by atomic mass is 9.94. The minimum atomic E-state index is -0.942. The summed E-state index contributed by atoms with van der Waals surface area (Å²) in [4.78, 5) is 22.3. The van der Waals surface area contributed by atoms with Crippen molar-refractivity contribution in [2.45, 2.75) is 25.7 Å². The van der Waals surface area contributed by atoms with Gasteiger partial charge in [0, 0.05) is 23.9 Å². The van der Waals surface area contributed by atoms with Crippen molar-refractivity contribution in [1.29, 1.82) is 0 Å². The summed E-state index contributed by atoms with van der Waals surface area (Å²) in [5.74, 6) is -0.738. The number of carboxylic acid groups (broad SMARTS) is 1. The van der Waals surface area contributed by atoms with Gasteiger partial charge in [-0.05, 0) is 43.5 Å². The first-order chi connectivity index (χ1) is 8.66. The van der Waals surface area contributed by atoms with Gasteiger partial charge in [-0.3, -0.25) is 4.79 Å². The van der Waals surface area contributed by atoms with Crippen LogP contribution in [0.2, 0.25) is 0 Å². The summed E-state index contributed by atoms with van der Waals surface area (Å²) < 4.78 is 0. The number of ketones is 1. The molecule has 1 aliphatic rings. The molecular weight excluding hydrogens is 230 g/mol. The van der Waals surface area contributed by atoms with Gasteiger partial charge in [-0.1, -0.05) is 0 Å². The van der Waals surface area contributed by atoms with Crippen molar-refractivity contribution in [3.05, 3.63) is 41.6 Å². The molecule has 0 radical (unpaired) electrons. The number of Topliss-reactive ketones (excluding diaryl/α,β-unsaturated/α-hetero) is 1. The molecule has 2 rings (SSSR count). The molecule has 0 aliphatic heterocycles. The number of nitrogens with one attached hydrogen (secondary N) is 1. The van der Waals surface area contributed by atoms with Gasteiger partial charge in [0.05, 0.1) is 5.56 Å². The Hall–Kier alpha value is -2.10. The van der Waals surface area contributed by atoms with E-state index in [1.807, 2.05) is 0 Å². The van der Waals surface area contributed by atoms with Crippen LogP contribution in [0.25, 0.3) is 0 Å². The second-order valence-electron chi connectivity index (χ2n) is 4.33. The molecule has 18 heavy (non-hydrogen) atoms. The molecule has 0 unspecified atom stereocenters. The predicted octanol–water partition coefficient (Wildman–Crippen LogP) is 2.82. The molecule has 4 heteroatoms. The van der Waals surface area contributed by atoms with E-state index in [9.17, 15) is 9.59 Å². The fraction of sp³-hybridized carbons (Fsp3) is 0.286. The minimum absolute atomic E-state index is 0.205. The smallest absolute Gasteiger partial charge is 0.335 e. The molecule has 1 aromatic carbocycles. The third kappa shape index (κ3) is 2.97. The average molecular weight is 245 g/mol. The van der Waals surface area contributed by atoms with Crippen LogP contribution in [0.4, 0.5) is 5.69 Å². The van der Waals surface area contributed by atoms with Gasteiger partial charge in [-0.25, -0.2) is 4.79 Å². The molecule has 0 bridgehead atoms. The molecule has 0 amide bonds. The molecule has 1 fully saturated rings. The Morgan fingerprint density at radius 2 is 1.83 bits per heavy atom. The maximum absolute atomic E-state index is 11.6. The highest BCUT2D eigenvalue weighted by Gasteiger charge is 2.14. The monoisotopic (exact) mass is 245 g/mol. The number of carboxylic acids is 1. The first-order valence-electron chi connectivity index (χ1n) is 5.99. The number of benzene rings is 1. The topological polar surface area (TPSA) is 66.4 Å². The summed E-state index contributed by atoms with van der Waals surface area (Å²) in [6.45, 7) is 0. The van der Waals surface area contributed by atoms with E-state index in [2.05, 4.69) is 5.32 Å². The number of aromatic carboxylic acids is 1. The lowest BCUT2D eigenvalue weighted by molar-refractivity contribution is -0.116. The third-order valence-electron chi connectivity index (χ3n) is 3.00.